The fourth-order valence-corrected chi connectivity index (χ4v) is 2.97. The molecule has 3 unspecified atom stereocenters. The van der Waals surface area contributed by atoms with E-state index in [0.29, 0.717) is 24.4 Å². The first-order chi connectivity index (χ1) is 12.5. The second-order valence-corrected chi connectivity index (χ2v) is 6.85. The minimum absolute atomic E-state index is 0.142. The highest BCUT2D eigenvalue weighted by Crippen LogP contribution is 2.15. The number of aryl methyl sites for hydroxylation is 1. The predicted molar refractivity (Wildman–Crippen MR) is 103 cm³/mol. The third kappa shape index (κ3) is 5.03. The molecule has 1 heterocycles. The minimum Gasteiger partial charge on any atom is -0.356 e. The van der Waals surface area contributed by atoms with E-state index >= 15 is 0 Å². The summed E-state index contributed by atoms with van der Waals surface area (Å²) in [6, 6.07) is 15.0. The Morgan fingerprint density at radius 1 is 1.31 bits per heavy atom. The lowest BCUT2D eigenvalue weighted by Gasteiger charge is -2.33. The largest absolute Gasteiger partial charge is 0.356 e. The second kappa shape index (κ2) is 8.62. The number of ether oxygens (including phenoxy) is 1. The number of nitrogens with one attached hydrogen (secondary N) is 3. The summed E-state index contributed by atoms with van der Waals surface area (Å²) in [6.45, 7) is 2.90. The second-order valence-electron chi connectivity index (χ2n) is 6.32. The lowest BCUT2D eigenvalue weighted by molar-refractivity contribution is -0.0206. The molecule has 0 spiro atoms. The van der Waals surface area contributed by atoms with Crippen molar-refractivity contribution < 1.29 is 9.53 Å². The van der Waals surface area contributed by atoms with Gasteiger partial charge in [0.15, 0.2) is 0 Å². The van der Waals surface area contributed by atoms with E-state index in [4.69, 9.17) is 22.1 Å². The van der Waals surface area contributed by atoms with Gasteiger partial charge in [0, 0.05) is 17.8 Å². The molecule has 0 radical (unpaired) electrons. The Morgan fingerprint density at radius 2 is 2.12 bits per heavy atom. The lowest BCUT2D eigenvalue weighted by Crippen LogP contribution is -2.63. The first kappa shape index (κ1) is 18.8. The van der Waals surface area contributed by atoms with Gasteiger partial charge in [0.1, 0.15) is 6.23 Å². The molecule has 7 heteroatoms. The molecule has 1 amide bonds. The summed E-state index contributed by atoms with van der Waals surface area (Å²) in [4.78, 5) is 12.4. The summed E-state index contributed by atoms with van der Waals surface area (Å²) in [7, 11) is 0. The summed E-state index contributed by atoms with van der Waals surface area (Å²) in [5.74, 6) is -0.142. The number of amides is 1. The average Bonchev–Trinajstić information content (AvgIpc) is 2.63. The maximum Gasteiger partial charge on any atom is 0.255 e. The topological polar surface area (TPSA) is 88.4 Å². The molecule has 1 aliphatic rings. The van der Waals surface area contributed by atoms with Gasteiger partial charge in [-0.3, -0.25) is 15.4 Å². The Balaban J connectivity index is 1.60. The van der Waals surface area contributed by atoms with Crippen molar-refractivity contribution in [3.63, 3.8) is 0 Å². The summed E-state index contributed by atoms with van der Waals surface area (Å²) >= 11 is 6.05. The van der Waals surface area contributed by atoms with Crippen LogP contribution in [0.4, 0.5) is 5.69 Å². The van der Waals surface area contributed by atoms with Crippen LogP contribution in [0.3, 0.4) is 0 Å². The minimum atomic E-state index is -0.378. The average molecular weight is 375 g/mol. The molecule has 2 aromatic carbocycles. The van der Waals surface area contributed by atoms with Gasteiger partial charge >= 0.3 is 0 Å². The van der Waals surface area contributed by atoms with Crippen LogP contribution in [0.2, 0.25) is 0 Å². The van der Waals surface area contributed by atoms with Crippen molar-refractivity contribution in [3.05, 3.63) is 65.2 Å². The number of halogens is 1. The normalized spacial score (nSPS) is 22.8. The van der Waals surface area contributed by atoms with E-state index in [1.165, 1.54) is 0 Å². The molecule has 1 saturated heterocycles. The monoisotopic (exact) mass is 374 g/mol. The van der Waals surface area contributed by atoms with Crippen LogP contribution in [0, 0.1) is 6.92 Å². The molecule has 0 aromatic heterocycles. The highest BCUT2D eigenvalue weighted by molar-refractivity contribution is 6.20. The standard InChI is InChI=1S/C19H23ClN4O2/c1-12-4-2-6-14(8-12)18(25)23-15-7-3-5-13(9-15)11-26-19-17(21)22-10-16(20)24-19/h2-9,16-17,19,22,24H,10-11,21H2,1H3,(H,23,25). The Morgan fingerprint density at radius 3 is 2.92 bits per heavy atom. The zero-order valence-electron chi connectivity index (χ0n) is 14.5. The van der Waals surface area contributed by atoms with Crippen LogP contribution < -0.4 is 21.7 Å². The molecular weight excluding hydrogens is 352 g/mol. The zero-order chi connectivity index (χ0) is 18.5. The molecule has 138 valence electrons. The number of hydrogen-bond acceptors (Lipinski definition) is 5. The van der Waals surface area contributed by atoms with Crippen molar-refractivity contribution >= 4 is 23.2 Å². The van der Waals surface area contributed by atoms with E-state index in [9.17, 15) is 4.79 Å². The molecular formula is C19H23ClN4O2. The molecule has 1 fully saturated rings. The Kier molecular flexibility index (Phi) is 6.24. The van der Waals surface area contributed by atoms with Gasteiger partial charge in [0.25, 0.3) is 5.91 Å². The molecule has 2 aromatic rings. The van der Waals surface area contributed by atoms with E-state index in [2.05, 4.69) is 16.0 Å². The van der Waals surface area contributed by atoms with Gasteiger partial charge in [0.2, 0.25) is 0 Å². The number of carbonyl (C=O) groups is 1. The van der Waals surface area contributed by atoms with Crippen molar-refractivity contribution in [3.8, 4) is 0 Å². The van der Waals surface area contributed by atoms with Crippen LogP contribution in [0.5, 0.6) is 0 Å². The van der Waals surface area contributed by atoms with Gasteiger partial charge in [-0.25, -0.2) is 0 Å². The number of nitrogens with two attached hydrogens (primary N) is 1. The molecule has 0 bridgehead atoms. The quantitative estimate of drug-likeness (QED) is 0.475. The van der Waals surface area contributed by atoms with Gasteiger partial charge in [-0.1, -0.05) is 29.8 Å². The first-order valence-electron chi connectivity index (χ1n) is 8.49. The van der Waals surface area contributed by atoms with Gasteiger partial charge in [0.05, 0.1) is 18.3 Å². The highest BCUT2D eigenvalue weighted by Gasteiger charge is 2.26. The molecule has 3 rings (SSSR count). The number of alkyl halides is 1. The summed E-state index contributed by atoms with van der Waals surface area (Å²) in [5.41, 5.74) is 9.06. The van der Waals surface area contributed by atoms with Gasteiger partial charge in [-0.2, -0.15) is 0 Å². The number of carbonyl (C=O) groups excluding carboxylic acids is 1. The lowest BCUT2D eigenvalue weighted by atomic mass is 10.1. The van der Waals surface area contributed by atoms with Crippen LogP contribution in [0.25, 0.3) is 0 Å². The predicted octanol–water partition coefficient (Wildman–Crippen LogP) is 2.13. The van der Waals surface area contributed by atoms with Crippen LogP contribution in [-0.2, 0) is 11.3 Å². The summed E-state index contributed by atoms with van der Waals surface area (Å²) < 4.78 is 5.82. The first-order valence-corrected chi connectivity index (χ1v) is 8.92. The number of rotatable bonds is 5. The number of anilines is 1. The van der Waals surface area contributed by atoms with Gasteiger partial charge in [-0.15, -0.1) is 11.6 Å². The van der Waals surface area contributed by atoms with Crippen LogP contribution in [0.1, 0.15) is 21.5 Å². The molecule has 5 N–H and O–H groups in total. The van der Waals surface area contributed by atoms with Crippen molar-refractivity contribution in [2.24, 2.45) is 5.73 Å². The zero-order valence-corrected chi connectivity index (χ0v) is 15.3. The Bertz CT molecular complexity index is 771. The molecule has 1 aliphatic heterocycles. The number of hydrogen-bond donors (Lipinski definition) is 4. The Labute approximate surface area is 158 Å². The number of benzene rings is 2. The highest BCUT2D eigenvalue weighted by atomic mass is 35.5. The Hall–Kier alpha value is -1.96. The van der Waals surface area contributed by atoms with E-state index in [0.717, 1.165) is 11.1 Å². The smallest absolute Gasteiger partial charge is 0.255 e. The van der Waals surface area contributed by atoms with Crippen molar-refractivity contribution in [2.75, 3.05) is 11.9 Å². The third-order valence-electron chi connectivity index (χ3n) is 4.10. The fraction of sp³-hybridized carbons (Fsp3) is 0.316. The van der Waals surface area contributed by atoms with E-state index in [1.54, 1.807) is 6.07 Å². The SMILES string of the molecule is Cc1cccc(C(=O)Nc2cccc(COC3NC(Cl)CNC3N)c2)c1. The van der Waals surface area contributed by atoms with Gasteiger partial charge < -0.3 is 15.8 Å². The van der Waals surface area contributed by atoms with Crippen LogP contribution in [-0.4, -0.2) is 30.3 Å². The fourth-order valence-electron chi connectivity index (χ4n) is 2.75. The van der Waals surface area contributed by atoms with E-state index in [-0.39, 0.29) is 23.8 Å². The molecule has 6 nitrogen and oxygen atoms in total. The number of piperazine rings is 1. The third-order valence-corrected chi connectivity index (χ3v) is 4.38. The van der Waals surface area contributed by atoms with Crippen molar-refractivity contribution in [1.82, 2.24) is 10.6 Å². The molecule has 0 aliphatic carbocycles. The van der Waals surface area contributed by atoms with Crippen molar-refractivity contribution in [2.45, 2.75) is 31.4 Å². The summed E-state index contributed by atoms with van der Waals surface area (Å²) in [6.07, 6.45) is -0.703. The molecule has 0 saturated carbocycles. The van der Waals surface area contributed by atoms with E-state index in [1.807, 2.05) is 49.4 Å². The van der Waals surface area contributed by atoms with Crippen molar-refractivity contribution in [1.29, 1.82) is 0 Å². The molecule has 3 atom stereocenters. The van der Waals surface area contributed by atoms with E-state index < -0.39 is 0 Å². The van der Waals surface area contributed by atoms with Gasteiger partial charge in [-0.05, 0) is 36.8 Å². The van der Waals surface area contributed by atoms with Crippen LogP contribution >= 0.6 is 11.6 Å². The van der Waals surface area contributed by atoms with Crippen LogP contribution in [0.15, 0.2) is 48.5 Å². The maximum atomic E-state index is 12.4. The summed E-state index contributed by atoms with van der Waals surface area (Å²) in [5, 5.41) is 9.09. The molecule has 26 heavy (non-hydrogen) atoms. The maximum absolute atomic E-state index is 12.4.